The van der Waals surface area contributed by atoms with Crippen LogP contribution in [0, 0.1) is 5.92 Å². The van der Waals surface area contributed by atoms with Gasteiger partial charge in [-0.15, -0.1) is 0 Å². The van der Waals surface area contributed by atoms with Gasteiger partial charge in [0.05, 0.1) is 11.9 Å². The molecule has 3 heteroatoms. The summed E-state index contributed by atoms with van der Waals surface area (Å²) in [5.74, 6) is 0.248. The normalized spacial score (nSPS) is 14.6. The van der Waals surface area contributed by atoms with Crippen molar-refractivity contribution in [2.75, 3.05) is 11.4 Å². The Bertz CT molecular complexity index is 360. The molecular formula is C11H14N2O. The van der Waals surface area contributed by atoms with E-state index in [4.69, 9.17) is 0 Å². The number of hydrogen-bond acceptors (Lipinski definition) is 2. The van der Waals surface area contributed by atoms with Crippen LogP contribution >= 0.6 is 0 Å². The Labute approximate surface area is 83.8 Å². The molecule has 0 fully saturated rings. The number of nitrogens with zero attached hydrogens (tertiary/aromatic N) is 2. The number of carbonyl (C=O) groups is 1. The Morgan fingerprint density at radius 1 is 1.57 bits per heavy atom. The van der Waals surface area contributed by atoms with Crippen molar-refractivity contribution < 1.29 is 4.79 Å². The van der Waals surface area contributed by atoms with Gasteiger partial charge in [0.1, 0.15) is 0 Å². The Kier molecular flexibility index (Phi) is 2.23. The number of aromatic nitrogens is 1. The average Bonchev–Trinajstić information content (AvgIpc) is 2.60. The molecule has 0 aliphatic carbocycles. The zero-order valence-electron chi connectivity index (χ0n) is 8.53. The van der Waals surface area contributed by atoms with Crippen LogP contribution in [0.1, 0.15) is 19.4 Å². The van der Waals surface area contributed by atoms with Crippen LogP contribution in [0.5, 0.6) is 0 Å². The fourth-order valence-electron chi connectivity index (χ4n) is 1.76. The topological polar surface area (TPSA) is 33.2 Å². The maximum atomic E-state index is 11.8. The summed E-state index contributed by atoms with van der Waals surface area (Å²) in [6, 6.07) is 1.99. The van der Waals surface area contributed by atoms with E-state index in [1.807, 2.05) is 24.8 Å². The van der Waals surface area contributed by atoms with Crippen molar-refractivity contribution in [1.29, 1.82) is 0 Å². The maximum absolute atomic E-state index is 11.8. The zero-order valence-corrected chi connectivity index (χ0v) is 8.53. The van der Waals surface area contributed by atoms with Gasteiger partial charge in [-0.2, -0.15) is 0 Å². The zero-order chi connectivity index (χ0) is 10.1. The van der Waals surface area contributed by atoms with Gasteiger partial charge in [0.15, 0.2) is 0 Å². The van der Waals surface area contributed by atoms with Crippen molar-refractivity contribution in [2.45, 2.75) is 20.3 Å². The molecule has 1 amide bonds. The maximum Gasteiger partial charge on any atom is 0.229 e. The Balaban J connectivity index is 2.30. The lowest BCUT2D eigenvalue weighted by Gasteiger charge is -2.18. The lowest BCUT2D eigenvalue weighted by molar-refractivity contribution is -0.121. The van der Waals surface area contributed by atoms with Gasteiger partial charge in [-0.1, -0.05) is 13.8 Å². The lowest BCUT2D eigenvalue weighted by Crippen LogP contribution is -2.32. The van der Waals surface area contributed by atoms with Gasteiger partial charge < -0.3 is 4.90 Å². The third-order valence-electron chi connectivity index (χ3n) is 2.54. The second-order valence-corrected chi connectivity index (χ2v) is 3.90. The van der Waals surface area contributed by atoms with Crippen molar-refractivity contribution in [3.63, 3.8) is 0 Å². The van der Waals surface area contributed by atoms with Crippen LogP contribution in [0.25, 0.3) is 0 Å². The van der Waals surface area contributed by atoms with Crippen molar-refractivity contribution in [1.82, 2.24) is 4.98 Å². The monoisotopic (exact) mass is 190 g/mol. The molecule has 0 atom stereocenters. The van der Waals surface area contributed by atoms with Crippen molar-refractivity contribution >= 4 is 11.6 Å². The van der Waals surface area contributed by atoms with Crippen molar-refractivity contribution in [3.8, 4) is 0 Å². The highest BCUT2D eigenvalue weighted by Crippen LogP contribution is 2.27. The number of anilines is 1. The number of amides is 1. The fraction of sp³-hybridized carbons (Fsp3) is 0.455. The highest BCUT2D eigenvalue weighted by molar-refractivity contribution is 5.96. The van der Waals surface area contributed by atoms with Gasteiger partial charge >= 0.3 is 0 Å². The third kappa shape index (κ3) is 1.39. The second-order valence-electron chi connectivity index (χ2n) is 3.90. The van der Waals surface area contributed by atoms with Gasteiger partial charge in [-0.25, -0.2) is 0 Å². The van der Waals surface area contributed by atoms with E-state index < -0.39 is 0 Å². The highest BCUT2D eigenvalue weighted by atomic mass is 16.2. The van der Waals surface area contributed by atoms with Crippen molar-refractivity contribution in [2.24, 2.45) is 5.92 Å². The van der Waals surface area contributed by atoms with Crippen LogP contribution in [-0.2, 0) is 11.2 Å². The van der Waals surface area contributed by atoms with E-state index in [9.17, 15) is 4.79 Å². The summed E-state index contributed by atoms with van der Waals surface area (Å²) in [4.78, 5) is 17.7. The number of carbonyl (C=O) groups excluding carboxylic acids is 1. The molecule has 0 bridgehead atoms. The number of rotatable bonds is 1. The highest BCUT2D eigenvalue weighted by Gasteiger charge is 2.25. The van der Waals surface area contributed by atoms with E-state index in [1.165, 1.54) is 5.56 Å². The van der Waals surface area contributed by atoms with Crippen LogP contribution in [0.3, 0.4) is 0 Å². The molecule has 0 aromatic carbocycles. The van der Waals surface area contributed by atoms with E-state index in [0.717, 1.165) is 18.7 Å². The first-order valence-electron chi connectivity index (χ1n) is 4.94. The summed E-state index contributed by atoms with van der Waals surface area (Å²) in [5.41, 5.74) is 2.22. The minimum atomic E-state index is 0.0566. The van der Waals surface area contributed by atoms with E-state index in [-0.39, 0.29) is 11.8 Å². The molecule has 74 valence electrons. The first-order valence-corrected chi connectivity index (χ1v) is 4.94. The summed E-state index contributed by atoms with van der Waals surface area (Å²) in [6.07, 6.45) is 4.51. The molecule has 1 aromatic rings. The Hall–Kier alpha value is -1.38. The molecule has 0 N–H and O–H groups in total. The quantitative estimate of drug-likeness (QED) is 0.674. The van der Waals surface area contributed by atoms with Crippen LogP contribution in [0.15, 0.2) is 18.5 Å². The van der Waals surface area contributed by atoms with Gasteiger partial charge in [0, 0.05) is 18.7 Å². The van der Waals surface area contributed by atoms with E-state index in [2.05, 4.69) is 4.98 Å². The van der Waals surface area contributed by atoms with E-state index in [0.29, 0.717) is 0 Å². The molecule has 0 radical (unpaired) electrons. The molecule has 14 heavy (non-hydrogen) atoms. The fourth-order valence-corrected chi connectivity index (χ4v) is 1.76. The van der Waals surface area contributed by atoms with Gasteiger partial charge in [-0.05, 0) is 18.1 Å². The second kappa shape index (κ2) is 3.40. The predicted octanol–water partition coefficient (Wildman–Crippen LogP) is 1.63. The van der Waals surface area contributed by atoms with Crippen LogP contribution in [0.4, 0.5) is 5.69 Å². The van der Waals surface area contributed by atoms with Crippen LogP contribution in [-0.4, -0.2) is 17.4 Å². The van der Waals surface area contributed by atoms with Crippen LogP contribution in [0.2, 0.25) is 0 Å². The van der Waals surface area contributed by atoms with Gasteiger partial charge in [0.25, 0.3) is 0 Å². The molecule has 0 saturated heterocycles. The SMILES string of the molecule is CC(C)C(=O)N1CCc2ccncc21. The third-order valence-corrected chi connectivity index (χ3v) is 2.54. The minimum Gasteiger partial charge on any atom is -0.310 e. The van der Waals surface area contributed by atoms with Crippen molar-refractivity contribution in [3.05, 3.63) is 24.0 Å². The smallest absolute Gasteiger partial charge is 0.229 e. The predicted molar refractivity (Wildman–Crippen MR) is 55.1 cm³/mol. The summed E-state index contributed by atoms with van der Waals surface area (Å²) >= 11 is 0. The summed E-state index contributed by atoms with van der Waals surface area (Å²) < 4.78 is 0. The molecule has 0 unspecified atom stereocenters. The standard InChI is InChI=1S/C11H14N2O/c1-8(2)11(14)13-6-4-9-3-5-12-7-10(9)13/h3,5,7-8H,4,6H2,1-2H3. The average molecular weight is 190 g/mol. The number of pyridine rings is 1. The summed E-state index contributed by atoms with van der Waals surface area (Å²) in [5, 5.41) is 0. The van der Waals surface area contributed by atoms with Crippen LogP contribution < -0.4 is 4.90 Å². The summed E-state index contributed by atoms with van der Waals surface area (Å²) in [7, 11) is 0. The van der Waals surface area contributed by atoms with Gasteiger partial charge in [-0.3, -0.25) is 9.78 Å². The number of fused-ring (bicyclic) bond motifs is 1. The molecule has 2 heterocycles. The molecule has 1 aromatic heterocycles. The van der Waals surface area contributed by atoms with Gasteiger partial charge in [0.2, 0.25) is 5.91 Å². The molecule has 0 saturated carbocycles. The Morgan fingerprint density at radius 2 is 2.36 bits per heavy atom. The first kappa shape index (κ1) is 9.19. The summed E-state index contributed by atoms with van der Waals surface area (Å²) in [6.45, 7) is 4.66. The van der Waals surface area contributed by atoms with E-state index in [1.54, 1.807) is 12.4 Å². The molecule has 1 aliphatic heterocycles. The molecule has 1 aliphatic rings. The molecule has 0 spiro atoms. The number of hydrogen-bond donors (Lipinski definition) is 0. The first-order chi connectivity index (χ1) is 6.70. The lowest BCUT2D eigenvalue weighted by atomic mass is 10.2. The largest absolute Gasteiger partial charge is 0.310 e. The molecule has 2 rings (SSSR count). The Morgan fingerprint density at radius 3 is 3.07 bits per heavy atom. The molecule has 3 nitrogen and oxygen atoms in total. The minimum absolute atomic E-state index is 0.0566. The van der Waals surface area contributed by atoms with E-state index >= 15 is 0 Å². The molecular weight excluding hydrogens is 176 g/mol.